The standard InChI is InChI=1S/C10H13F2NO3S/c11-9-2-3-10(12)8(6-9)7-13-17(15,16)5-1-4-14/h2-3,6,13-14H,1,4-5,7H2. The minimum Gasteiger partial charge on any atom is -0.396 e. The van der Waals surface area contributed by atoms with Crippen LogP contribution in [-0.2, 0) is 16.6 Å². The van der Waals surface area contributed by atoms with Gasteiger partial charge in [0, 0.05) is 18.7 Å². The lowest BCUT2D eigenvalue weighted by Gasteiger charge is -2.07. The summed E-state index contributed by atoms with van der Waals surface area (Å²) in [6.07, 6.45) is 0.0982. The summed E-state index contributed by atoms with van der Waals surface area (Å²) >= 11 is 0. The highest BCUT2D eigenvalue weighted by Crippen LogP contribution is 2.09. The van der Waals surface area contributed by atoms with E-state index in [0.717, 1.165) is 18.2 Å². The third kappa shape index (κ3) is 4.76. The number of nitrogens with one attached hydrogen (secondary N) is 1. The maximum Gasteiger partial charge on any atom is 0.211 e. The predicted octanol–water partition coefficient (Wildman–Crippen LogP) is 0.767. The molecule has 0 aliphatic rings. The van der Waals surface area contributed by atoms with Gasteiger partial charge < -0.3 is 5.11 Å². The number of halogens is 2. The van der Waals surface area contributed by atoms with E-state index in [2.05, 4.69) is 4.72 Å². The van der Waals surface area contributed by atoms with Gasteiger partial charge in [-0.25, -0.2) is 21.9 Å². The summed E-state index contributed by atoms with van der Waals surface area (Å²) in [5.74, 6) is -1.55. The molecule has 0 spiro atoms. The molecule has 1 rings (SSSR count). The Kier molecular flexibility index (Phi) is 4.98. The molecular weight excluding hydrogens is 252 g/mol. The van der Waals surface area contributed by atoms with Crippen molar-refractivity contribution in [3.63, 3.8) is 0 Å². The monoisotopic (exact) mass is 265 g/mol. The number of sulfonamides is 1. The Bertz CT molecular complexity index is 476. The van der Waals surface area contributed by atoms with E-state index in [9.17, 15) is 17.2 Å². The average Bonchev–Trinajstić information content (AvgIpc) is 2.28. The van der Waals surface area contributed by atoms with Crippen LogP contribution < -0.4 is 4.72 Å². The van der Waals surface area contributed by atoms with Crippen molar-refractivity contribution in [3.8, 4) is 0 Å². The SMILES string of the molecule is O=S(=O)(CCCO)NCc1cc(F)ccc1F. The fourth-order valence-electron chi connectivity index (χ4n) is 1.19. The molecule has 0 amide bonds. The van der Waals surface area contributed by atoms with Crippen LogP contribution in [0.2, 0.25) is 0 Å². The molecule has 0 heterocycles. The fourth-order valence-corrected chi connectivity index (χ4v) is 2.22. The van der Waals surface area contributed by atoms with Crippen LogP contribution in [0, 0.1) is 11.6 Å². The molecule has 2 N–H and O–H groups in total. The van der Waals surface area contributed by atoms with Crippen LogP contribution in [0.1, 0.15) is 12.0 Å². The molecule has 0 saturated carbocycles. The maximum absolute atomic E-state index is 13.2. The number of rotatable bonds is 6. The van der Waals surface area contributed by atoms with E-state index in [1.54, 1.807) is 0 Å². The summed E-state index contributed by atoms with van der Waals surface area (Å²) in [6.45, 7) is -0.549. The van der Waals surface area contributed by atoms with Gasteiger partial charge in [0.25, 0.3) is 0 Å². The van der Waals surface area contributed by atoms with Gasteiger partial charge in [-0.15, -0.1) is 0 Å². The summed E-state index contributed by atoms with van der Waals surface area (Å²) in [5.41, 5.74) is -0.0578. The Hall–Kier alpha value is -1.05. The smallest absolute Gasteiger partial charge is 0.211 e. The molecule has 0 fully saturated rings. The number of aliphatic hydroxyl groups excluding tert-OH is 1. The van der Waals surface area contributed by atoms with E-state index in [-0.39, 0.29) is 30.9 Å². The first kappa shape index (κ1) is 14.0. The Morgan fingerprint density at radius 2 is 2.00 bits per heavy atom. The van der Waals surface area contributed by atoms with E-state index in [4.69, 9.17) is 5.11 Å². The molecule has 1 aromatic carbocycles. The average molecular weight is 265 g/mol. The Morgan fingerprint density at radius 1 is 1.29 bits per heavy atom. The highest BCUT2D eigenvalue weighted by Gasteiger charge is 2.11. The summed E-state index contributed by atoms with van der Waals surface area (Å²) in [4.78, 5) is 0. The first-order chi connectivity index (χ1) is 7.94. The molecule has 0 bridgehead atoms. The van der Waals surface area contributed by atoms with E-state index in [1.165, 1.54) is 0 Å². The van der Waals surface area contributed by atoms with Crippen LogP contribution in [0.15, 0.2) is 18.2 Å². The van der Waals surface area contributed by atoms with Crippen LogP contribution in [-0.4, -0.2) is 25.9 Å². The molecule has 17 heavy (non-hydrogen) atoms. The summed E-state index contributed by atoms with van der Waals surface area (Å²) in [5, 5.41) is 8.49. The molecule has 0 atom stereocenters. The van der Waals surface area contributed by atoms with Crippen molar-refractivity contribution in [2.75, 3.05) is 12.4 Å². The van der Waals surface area contributed by atoms with Gasteiger partial charge in [-0.2, -0.15) is 0 Å². The third-order valence-electron chi connectivity index (χ3n) is 2.06. The molecular formula is C10H13F2NO3S. The summed E-state index contributed by atoms with van der Waals surface area (Å²) < 4.78 is 50.7. The lowest BCUT2D eigenvalue weighted by Crippen LogP contribution is -2.26. The van der Waals surface area contributed by atoms with E-state index < -0.39 is 21.7 Å². The van der Waals surface area contributed by atoms with E-state index in [0.29, 0.717) is 0 Å². The van der Waals surface area contributed by atoms with Gasteiger partial charge in [-0.05, 0) is 24.6 Å². The van der Waals surface area contributed by atoms with Gasteiger partial charge >= 0.3 is 0 Å². The molecule has 0 saturated heterocycles. The summed E-state index contributed by atoms with van der Waals surface area (Å²) in [7, 11) is -3.57. The van der Waals surface area contributed by atoms with Crippen molar-refractivity contribution in [1.82, 2.24) is 4.72 Å². The number of hydrogen-bond donors (Lipinski definition) is 2. The topological polar surface area (TPSA) is 66.4 Å². The molecule has 0 radical (unpaired) electrons. The minimum absolute atomic E-state index is 0.0578. The first-order valence-electron chi connectivity index (χ1n) is 4.97. The second kappa shape index (κ2) is 6.04. The normalized spacial score (nSPS) is 11.7. The van der Waals surface area contributed by atoms with Gasteiger partial charge in [0.15, 0.2) is 0 Å². The largest absolute Gasteiger partial charge is 0.396 e. The highest BCUT2D eigenvalue weighted by molar-refractivity contribution is 7.89. The predicted molar refractivity (Wildman–Crippen MR) is 58.7 cm³/mol. The fraction of sp³-hybridized carbons (Fsp3) is 0.400. The van der Waals surface area contributed by atoms with Gasteiger partial charge in [0.05, 0.1) is 5.75 Å². The lowest BCUT2D eigenvalue weighted by atomic mass is 10.2. The second-order valence-electron chi connectivity index (χ2n) is 3.45. The van der Waals surface area contributed by atoms with Gasteiger partial charge in [0.1, 0.15) is 11.6 Å². The Morgan fingerprint density at radius 3 is 2.65 bits per heavy atom. The molecule has 1 aromatic rings. The molecule has 7 heteroatoms. The quantitative estimate of drug-likeness (QED) is 0.798. The Balaban J connectivity index is 2.64. The van der Waals surface area contributed by atoms with Crippen LogP contribution in [0.25, 0.3) is 0 Å². The van der Waals surface area contributed by atoms with Crippen molar-refractivity contribution < 1.29 is 22.3 Å². The zero-order valence-electron chi connectivity index (χ0n) is 8.99. The van der Waals surface area contributed by atoms with Crippen LogP contribution in [0.4, 0.5) is 8.78 Å². The zero-order valence-corrected chi connectivity index (χ0v) is 9.80. The molecule has 0 aromatic heterocycles. The van der Waals surface area contributed by atoms with Crippen LogP contribution in [0.3, 0.4) is 0 Å². The molecule has 96 valence electrons. The van der Waals surface area contributed by atoms with Crippen molar-refractivity contribution >= 4 is 10.0 Å². The number of benzene rings is 1. The molecule has 0 aliphatic heterocycles. The van der Waals surface area contributed by atoms with Gasteiger partial charge in [-0.1, -0.05) is 0 Å². The van der Waals surface area contributed by atoms with E-state index >= 15 is 0 Å². The minimum atomic E-state index is -3.57. The van der Waals surface area contributed by atoms with Crippen molar-refractivity contribution in [3.05, 3.63) is 35.4 Å². The highest BCUT2D eigenvalue weighted by atomic mass is 32.2. The maximum atomic E-state index is 13.2. The summed E-state index contributed by atoms with van der Waals surface area (Å²) in [6, 6.07) is 2.83. The molecule has 4 nitrogen and oxygen atoms in total. The van der Waals surface area contributed by atoms with Crippen molar-refractivity contribution in [2.45, 2.75) is 13.0 Å². The number of aliphatic hydroxyl groups is 1. The van der Waals surface area contributed by atoms with Crippen LogP contribution >= 0.6 is 0 Å². The lowest BCUT2D eigenvalue weighted by molar-refractivity contribution is 0.295. The van der Waals surface area contributed by atoms with Crippen molar-refractivity contribution in [1.29, 1.82) is 0 Å². The number of hydrogen-bond acceptors (Lipinski definition) is 3. The molecule has 0 unspecified atom stereocenters. The van der Waals surface area contributed by atoms with Gasteiger partial charge in [-0.3, -0.25) is 0 Å². The van der Waals surface area contributed by atoms with Gasteiger partial charge in [0.2, 0.25) is 10.0 Å². The van der Waals surface area contributed by atoms with Crippen molar-refractivity contribution in [2.24, 2.45) is 0 Å². The zero-order chi connectivity index (χ0) is 12.9. The third-order valence-corrected chi connectivity index (χ3v) is 3.47. The van der Waals surface area contributed by atoms with Crippen LogP contribution in [0.5, 0.6) is 0 Å². The Labute approximate surface area is 98.3 Å². The van der Waals surface area contributed by atoms with E-state index in [1.807, 2.05) is 0 Å². The second-order valence-corrected chi connectivity index (χ2v) is 5.38. The molecule has 0 aliphatic carbocycles. The first-order valence-corrected chi connectivity index (χ1v) is 6.62.